The highest BCUT2D eigenvalue weighted by atomic mass is 28.4. The Morgan fingerprint density at radius 3 is 1.43 bits per heavy atom. The topological polar surface area (TPSA) is 27.7 Å². The van der Waals surface area contributed by atoms with Crippen LogP contribution >= 0.6 is 0 Å². The summed E-state index contributed by atoms with van der Waals surface area (Å²) >= 11 is 0. The first-order chi connectivity index (χ1) is 5.39. The Kier molecular flexibility index (Phi) is 10.4. The molecule has 0 fully saturated rings. The normalized spacial score (nSPS) is 11.6. The van der Waals surface area contributed by atoms with Crippen LogP contribution in [-0.4, -0.2) is 28.6 Å². The van der Waals surface area contributed by atoms with E-state index >= 15 is 0 Å². The van der Waals surface area contributed by atoms with Gasteiger partial charge in [0.1, 0.15) is 0 Å². The minimum atomic E-state index is -2.35. The zero-order valence-corrected chi connectivity index (χ0v) is 9.93. The van der Waals surface area contributed by atoms with Crippen molar-refractivity contribution in [3.8, 4) is 0 Å². The van der Waals surface area contributed by atoms with Gasteiger partial charge in [-0.25, -0.2) is 0 Å². The Morgan fingerprint density at radius 1 is 1.00 bits per heavy atom. The van der Waals surface area contributed by atoms with Gasteiger partial charge in [0.25, 0.3) is 0 Å². The molecule has 0 rings (SSSR count). The highest BCUT2D eigenvalue weighted by molar-refractivity contribution is 6.60. The second-order valence-corrected chi connectivity index (χ2v) is 6.75. The predicted molar refractivity (Wildman–Crippen MR) is 64.6 cm³/mol. The molecule has 0 atom stereocenters. The van der Waals surface area contributed by atoms with Crippen LogP contribution in [0.1, 0.15) is 42.5 Å². The summed E-state index contributed by atoms with van der Waals surface area (Å²) < 4.78 is 16.4. The van der Waals surface area contributed by atoms with Crippen LogP contribution in [-0.2, 0) is 13.3 Å². The van der Waals surface area contributed by atoms with Crippen LogP contribution in [0.15, 0.2) is 0 Å². The third-order valence-corrected chi connectivity index (χ3v) is 4.55. The summed E-state index contributed by atoms with van der Waals surface area (Å²) in [5, 5.41) is 0. The minimum Gasteiger partial charge on any atom is -0.377 e. The number of rotatable bonds is 4. The summed E-state index contributed by atoms with van der Waals surface area (Å²) in [5.41, 5.74) is -0.200. The van der Waals surface area contributed by atoms with Crippen LogP contribution in [0.5, 0.6) is 0 Å². The average Bonchev–Trinajstić information content (AvgIpc) is 1.99. The first-order valence-electron chi connectivity index (χ1n) is 4.19. The molecule has 14 heavy (non-hydrogen) atoms. The molecule has 0 unspecified atom stereocenters. The van der Waals surface area contributed by atoms with E-state index in [1.807, 2.05) is 27.7 Å². The van der Waals surface area contributed by atoms with Crippen LogP contribution in [0.3, 0.4) is 0 Å². The fraction of sp³-hybridized carbons (Fsp3) is 1.00. The zero-order valence-electron chi connectivity index (χ0n) is 8.93. The quantitative estimate of drug-likeness (QED) is 0.686. The number of hydrogen-bond donors (Lipinski definition) is 0. The van der Waals surface area contributed by atoms with Crippen LogP contribution < -0.4 is 0 Å². The molecule has 0 saturated heterocycles. The van der Waals surface area contributed by atoms with Gasteiger partial charge in [-0.15, -0.1) is 0 Å². The van der Waals surface area contributed by atoms with E-state index < -0.39 is 8.80 Å². The third kappa shape index (κ3) is 6.54. The summed E-state index contributed by atoms with van der Waals surface area (Å²) in [7, 11) is 0.935. The Labute approximate surface area is 91.1 Å². The summed E-state index contributed by atoms with van der Waals surface area (Å²) in [5.74, 6) is 0. The fourth-order valence-corrected chi connectivity index (χ4v) is 2.98. The highest BCUT2D eigenvalue weighted by Gasteiger charge is 2.40. The SMILES string of the molecule is C.C.CC[Si](OC)(OC)OC(C)(C)C. The first kappa shape index (κ1) is 19.6. The van der Waals surface area contributed by atoms with Crippen molar-refractivity contribution in [3.63, 3.8) is 0 Å². The predicted octanol–water partition coefficient (Wildman–Crippen LogP) is 3.33. The Balaban J connectivity index is -0.000000605. The second kappa shape index (κ2) is 7.40. The molecule has 0 spiro atoms. The summed E-state index contributed by atoms with van der Waals surface area (Å²) in [6.45, 7) is 8.03. The van der Waals surface area contributed by atoms with E-state index in [9.17, 15) is 0 Å². The van der Waals surface area contributed by atoms with Crippen LogP contribution in [0.4, 0.5) is 0 Å². The van der Waals surface area contributed by atoms with Gasteiger partial charge < -0.3 is 13.3 Å². The molecule has 0 radical (unpaired) electrons. The maximum atomic E-state index is 5.77. The van der Waals surface area contributed by atoms with Crippen LogP contribution in [0.2, 0.25) is 6.04 Å². The van der Waals surface area contributed by atoms with Gasteiger partial charge in [0.2, 0.25) is 0 Å². The van der Waals surface area contributed by atoms with Gasteiger partial charge in [-0.3, -0.25) is 0 Å². The van der Waals surface area contributed by atoms with E-state index in [4.69, 9.17) is 13.3 Å². The minimum absolute atomic E-state index is 0. The molecule has 0 aromatic heterocycles. The van der Waals surface area contributed by atoms with Crippen molar-refractivity contribution in [1.29, 1.82) is 0 Å². The van der Waals surface area contributed by atoms with Gasteiger partial charge in [0, 0.05) is 20.3 Å². The smallest absolute Gasteiger partial charge is 0.377 e. The molecule has 0 aromatic rings. The molecule has 3 nitrogen and oxygen atoms in total. The lowest BCUT2D eigenvalue weighted by atomic mass is 10.2. The molecule has 0 N–H and O–H groups in total. The maximum Gasteiger partial charge on any atom is 0.500 e. The molecular formula is C10H28O3Si. The lowest BCUT2D eigenvalue weighted by Gasteiger charge is -2.32. The van der Waals surface area contributed by atoms with E-state index in [2.05, 4.69) is 0 Å². The van der Waals surface area contributed by atoms with Crippen molar-refractivity contribution in [3.05, 3.63) is 0 Å². The van der Waals surface area contributed by atoms with Gasteiger partial charge in [-0.05, 0) is 20.8 Å². The van der Waals surface area contributed by atoms with Crippen LogP contribution in [0, 0.1) is 0 Å². The third-order valence-electron chi connectivity index (χ3n) is 1.52. The molecule has 4 heteroatoms. The van der Waals surface area contributed by atoms with Crippen molar-refractivity contribution in [1.82, 2.24) is 0 Å². The van der Waals surface area contributed by atoms with E-state index in [0.717, 1.165) is 6.04 Å². The van der Waals surface area contributed by atoms with Crippen LogP contribution in [0.25, 0.3) is 0 Å². The van der Waals surface area contributed by atoms with E-state index in [1.54, 1.807) is 14.2 Å². The molecule has 0 saturated carbocycles. The molecule has 0 aliphatic rings. The largest absolute Gasteiger partial charge is 0.500 e. The molecule has 0 bridgehead atoms. The van der Waals surface area contributed by atoms with E-state index in [1.165, 1.54) is 0 Å². The van der Waals surface area contributed by atoms with Gasteiger partial charge in [-0.2, -0.15) is 0 Å². The van der Waals surface area contributed by atoms with Crippen molar-refractivity contribution >= 4 is 8.80 Å². The summed E-state index contributed by atoms with van der Waals surface area (Å²) in [6.07, 6.45) is 0. The summed E-state index contributed by atoms with van der Waals surface area (Å²) in [6, 6.07) is 0.803. The standard InChI is InChI=1S/C8H20O3Si.2CH4/c1-7-12(9-5,10-6)11-8(2,3)4;;/h7H2,1-6H3;2*1H4. The van der Waals surface area contributed by atoms with Gasteiger partial charge in [0.15, 0.2) is 0 Å². The Hall–Kier alpha value is 0.0969. The van der Waals surface area contributed by atoms with Crippen molar-refractivity contribution in [2.75, 3.05) is 14.2 Å². The molecule has 90 valence electrons. The van der Waals surface area contributed by atoms with E-state index in [0.29, 0.717) is 0 Å². The molecule has 0 heterocycles. The first-order valence-corrected chi connectivity index (χ1v) is 6.13. The molecule has 0 aliphatic heterocycles. The zero-order chi connectivity index (χ0) is 9.83. The molecular weight excluding hydrogens is 196 g/mol. The monoisotopic (exact) mass is 224 g/mol. The fourth-order valence-electron chi connectivity index (χ4n) is 0.994. The Morgan fingerprint density at radius 2 is 1.36 bits per heavy atom. The molecule has 0 aliphatic carbocycles. The molecule has 0 amide bonds. The van der Waals surface area contributed by atoms with Crippen molar-refractivity contribution < 1.29 is 13.3 Å². The summed E-state index contributed by atoms with van der Waals surface area (Å²) in [4.78, 5) is 0. The second-order valence-electron chi connectivity index (χ2n) is 3.66. The lowest BCUT2D eigenvalue weighted by Crippen LogP contribution is -2.48. The highest BCUT2D eigenvalue weighted by Crippen LogP contribution is 2.20. The lowest BCUT2D eigenvalue weighted by molar-refractivity contribution is 0.0174. The van der Waals surface area contributed by atoms with Crippen molar-refractivity contribution in [2.24, 2.45) is 0 Å². The van der Waals surface area contributed by atoms with Crippen molar-refractivity contribution in [2.45, 2.75) is 54.2 Å². The molecule has 0 aromatic carbocycles. The number of hydrogen-bond acceptors (Lipinski definition) is 3. The average molecular weight is 224 g/mol. The Bertz CT molecular complexity index is 120. The van der Waals surface area contributed by atoms with Gasteiger partial charge in [0.05, 0.1) is 5.60 Å². The van der Waals surface area contributed by atoms with Gasteiger partial charge >= 0.3 is 8.80 Å². The van der Waals surface area contributed by atoms with Gasteiger partial charge in [-0.1, -0.05) is 21.8 Å². The van der Waals surface area contributed by atoms with E-state index in [-0.39, 0.29) is 20.5 Å². The maximum absolute atomic E-state index is 5.77.